The number of hydrogen-bond acceptors (Lipinski definition) is 8. The number of aromatic nitrogens is 2. The average Bonchev–Trinajstić information content (AvgIpc) is 2.98. The molecule has 0 bridgehead atoms. The van der Waals surface area contributed by atoms with E-state index in [0.29, 0.717) is 6.42 Å². The van der Waals surface area contributed by atoms with Crippen LogP contribution in [0.2, 0.25) is 0 Å². The molecule has 0 radical (unpaired) electrons. The summed E-state index contributed by atoms with van der Waals surface area (Å²) in [4.78, 5) is 0. The molecule has 0 saturated heterocycles. The van der Waals surface area contributed by atoms with Gasteiger partial charge in [0, 0.05) is 28.3 Å². The van der Waals surface area contributed by atoms with E-state index in [9.17, 15) is 13.8 Å². The lowest BCUT2D eigenvalue weighted by molar-refractivity contribution is 0.303. The van der Waals surface area contributed by atoms with Gasteiger partial charge < -0.3 is 15.8 Å². The Morgan fingerprint density at radius 2 is 2.36 bits per heavy atom. The zero-order valence-electron chi connectivity index (χ0n) is 13.3. The number of nitrogens with one attached hydrogen (secondary N) is 3. The molecule has 1 aromatic carbocycles. The molecule has 0 fully saturated rings. The second-order valence-electron chi connectivity index (χ2n) is 5.79. The molecule has 2 atom stereocenters. The highest BCUT2D eigenvalue weighted by molar-refractivity contribution is 7.91. The topological polar surface area (TPSA) is 136 Å². The van der Waals surface area contributed by atoms with Gasteiger partial charge in [0.2, 0.25) is 5.82 Å². The molecule has 11 heteroatoms. The fourth-order valence-electron chi connectivity index (χ4n) is 2.54. The van der Waals surface area contributed by atoms with Gasteiger partial charge >= 0.3 is 0 Å². The molecular formula is C14H17FN6O3S. The normalized spacial score (nSPS) is 18.8. The van der Waals surface area contributed by atoms with Crippen molar-refractivity contribution in [2.75, 3.05) is 23.9 Å². The van der Waals surface area contributed by atoms with Crippen LogP contribution >= 0.6 is 0 Å². The van der Waals surface area contributed by atoms with Crippen LogP contribution in [0.4, 0.5) is 10.2 Å². The highest BCUT2D eigenvalue weighted by Crippen LogP contribution is 2.33. The summed E-state index contributed by atoms with van der Waals surface area (Å²) in [5.41, 5.74) is 1.94. The van der Waals surface area contributed by atoms with Gasteiger partial charge in [-0.05, 0) is 40.0 Å². The number of anilines is 1. The Hall–Kier alpha value is -2.69. The first kappa shape index (κ1) is 17.1. The molecule has 1 aromatic heterocycles. The molecule has 1 heterocycles. The van der Waals surface area contributed by atoms with Gasteiger partial charge in [-0.25, -0.2) is 9.02 Å². The molecule has 3 rings (SSSR count). The maximum atomic E-state index is 13.4. The van der Waals surface area contributed by atoms with Crippen LogP contribution in [0.1, 0.15) is 22.9 Å². The number of rotatable bonds is 6. The summed E-state index contributed by atoms with van der Waals surface area (Å²) in [6, 6.07) is 4.32. The van der Waals surface area contributed by atoms with E-state index in [1.54, 1.807) is 6.07 Å². The number of oxime groups is 1. The summed E-state index contributed by atoms with van der Waals surface area (Å²) in [6.07, 6.45) is 1.99. The van der Waals surface area contributed by atoms with E-state index in [1.807, 2.05) is 0 Å². The summed E-state index contributed by atoms with van der Waals surface area (Å²) < 4.78 is 36.8. The molecular weight excluding hydrogens is 351 g/mol. The molecule has 4 N–H and O–H groups in total. The zero-order chi connectivity index (χ0) is 18.0. The van der Waals surface area contributed by atoms with Crippen LogP contribution in [0.25, 0.3) is 0 Å². The summed E-state index contributed by atoms with van der Waals surface area (Å²) in [7, 11) is -2.64. The molecule has 1 aliphatic rings. The lowest BCUT2D eigenvalue weighted by atomic mass is 9.83. The standard InChI is InChI=1S/C14H17FN6O3S/c1-25(16,23)5-4-17-13-12(20-24-21-13)14(19-22)18-11-6-8-2-3-9(15)7-10(8)11/h2-3,7,11,16,22H,4-6H2,1H3,(H,17,21)(H,18,19)/t11-,25-/m0/s1. The van der Waals surface area contributed by atoms with Crippen LogP contribution < -0.4 is 10.6 Å². The van der Waals surface area contributed by atoms with E-state index >= 15 is 0 Å². The van der Waals surface area contributed by atoms with Crippen molar-refractivity contribution >= 4 is 21.4 Å². The number of amidine groups is 1. The Morgan fingerprint density at radius 1 is 1.56 bits per heavy atom. The fraction of sp³-hybridized carbons (Fsp3) is 0.357. The second kappa shape index (κ2) is 6.67. The minimum atomic E-state index is -2.64. The largest absolute Gasteiger partial charge is 0.409 e. The summed E-state index contributed by atoms with van der Waals surface area (Å²) in [5, 5.41) is 25.6. The van der Waals surface area contributed by atoms with Gasteiger partial charge in [0.25, 0.3) is 0 Å². The van der Waals surface area contributed by atoms with Crippen LogP contribution in [0.15, 0.2) is 28.0 Å². The third kappa shape index (κ3) is 3.87. The Kier molecular flexibility index (Phi) is 4.57. The SMILES string of the molecule is C[S@](=N)(=O)CCNc1nonc1/C(=N/O)N[C@H]1Cc2ccc(F)cc21. The maximum Gasteiger partial charge on any atom is 0.202 e. The molecule has 0 unspecified atom stereocenters. The summed E-state index contributed by atoms with van der Waals surface area (Å²) in [6.45, 7) is 0.218. The molecule has 2 aromatic rings. The van der Waals surface area contributed by atoms with Crippen LogP contribution in [0.3, 0.4) is 0 Å². The molecule has 0 spiro atoms. The van der Waals surface area contributed by atoms with Crippen molar-refractivity contribution in [3.8, 4) is 0 Å². The van der Waals surface area contributed by atoms with Gasteiger partial charge in [-0.3, -0.25) is 8.99 Å². The second-order valence-corrected chi connectivity index (χ2v) is 8.21. The van der Waals surface area contributed by atoms with Crippen molar-refractivity contribution in [2.24, 2.45) is 5.16 Å². The van der Waals surface area contributed by atoms with Gasteiger partial charge in [-0.2, -0.15) is 0 Å². The highest BCUT2D eigenvalue weighted by Gasteiger charge is 2.29. The molecule has 9 nitrogen and oxygen atoms in total. The van der Waals surface area contributed by atoms with Crippen LogP contribution in [0.5, 0.6) is 0 Å². The van der Waals surface area contributed by atoms with Crippen LogP contribution in [-0.4, -0.2) is 44.1 Å². The Balaban J connectivity index is 1.70. The fourth-order valence-corrected chi connectivity index (χ4v) is 3.03. The Labute approximate surface area is 143 Å². The highest BCUT2D eigenvalue weighted by atomic mass is 32.2. The maximum absolute atomic E-state index is 13.4. The third-order valence-corrected chi connectivity index (χ3v) is 4.80. The van der Waals surface area contributed by atoms with Gasteiger partial charge in [-0.15, -0.1) is 0 Å². The van der Waals surface area contributed by atoms with Crippen molar-refractivity contribution in [3.63, 3.8) is 0 Å². The van der Waals surface area contributed by atoms with Gasteiger partial charge in [0.15, 0.2) is 11.5 Å². The van der Waals surface area contributed by atoms with Crippen molar-refractivity contribution in [2.45, 2.75) is 12.5 Å². The van der Waals surface area contributed by atoms with Crippen molar-refractivity contribution in [1.82, 2.24) is 15.6 Å². The molecule has 134 valence electrons. The lowest BCUT2D eigenvalue weighted by Gasteiger charge is -2.31. The van der Waals surface area contributed by atoms with Crippen LogP contribution in [-0.2, 0) is 16.1 Å². The van der Waals surface area contributed by atoms with Crippen molar-refractivity contribution < 1.29 is 18.4 Å². The smallest absolute Gasteiger partial charge is 0.202 e. The molecule has 0 amide bonds. The predicted molar refractivity (Wildman–Crippen MR) is 88.7 cm³/mol. The third-order valence-electron chi connectivity index (χ3n) is 3.82. The van der Waals surface area contributed by atoms with E-state index in [2.05, 4.69) is 30.7 Å². The number of fused-ring (bicyclic) bond motifs is 1. The average molecular weight is 368 g/mol. The molecule has 0 saturated carbocycles. The number of benzene rings is 1. The van der Waals surface area contributed by atoms with E-state index < -0.39 is 9.73 Å². The summed E-state index contributed by atoms with van der Waals surface area (Å²) >= 11 is 0. The predicted octanol–water partition coefficient (Wildman–Crippen LogP) is 1.32. The van der Waals surface area contributed by atoms with E-state index in [-0.39, 0.29) is 41.5 Å². The number of halogens is 1. The molecule has 1 aliphatic carbocycles. The van der Waals surface area contributed by atoms with Gasteiger partial charge in [0.05, 0.1) is 6.04 Å². The van der Waals surface area contributed by atoms with Gasteiger partial charge in [0.1, 0.15) is 5.82 Å². The van der Waals surface area contributed by atoms with Crippen LogP contribution in [0, 0.1) is 10.6 Å². The lowest BCUT2D eigenvalue weighted by Crippen LogP contribution is -2.37. The minimum Gasteiger partial charge on any atom is -0.409 e. The first-order valence-electron chi connectivity index (χ1n) is 7.42. The first-order chi connectivity index (χ1) is 11.9. The van der Waals surface area contributed by atoms with Crippen molar-refractivity contribution in [3.05, 3.63) is 40.8 Å². The first-order valence-corrected chi connectivity index (χ1v) is 9.56. The molecule has 0 aliphatic heterocycles. The molecule has 25 heavy (non-hydrogen) atoms. The Bertz CT molecular complexity index is 911. The van der Waals surface area contributed by atoms with Gasteiger partial charge in [-0.1, -0.05) is 11.2 Å². The quantitative estimate of drug-likeness (QED) is 0.261. The van der Waals surface area contributed by atoms with E-state index in [1.165, 1.54) is 18.4 Å². The Morgan fingerprint density at radius 3 is 3.08 bits per heavy atom. The minimum absolute atomic E-state index is 0.0202. The zero-order valence-corrected chi connectivity index (χ0v) is 14.1. The van der Waals surface area contributed by atoms with E-state index in [0.717, 1.165) is 11.1 Å². The monoisotopic (exact) mass is 368 g/mol. The number of hydrogen-bond donors (Lipinski definition) is 4. The van der Waals surface area contributed by atoms with Crippen molar-refractivity contribution in [1.29, 1.82) is 4.78 Å². The summed E-state index contributed by atoms with van der Waals surface area (Å²) in [5.74, 6) is -0.000548. The van der Waals surface area contributed by atoms with E-state index in [4.69, 9.17) is 4.78 Å². The number of nitrogens with zero attached hydrogens (tertiary/aromatic N) is 3.